The molecule has 0 aromatic heterocycles. The summed E-state index contributed by atoms with van der Waals surface area (Å²) in [5, 5.41) is 12.8. The Labute approximate surface area is 146 Å². The molecule has 4 saturated carbocycles. The maximum atomic E-state index is 13.4. The molecule has 0 radical (unpaired) electrons. The third kappa shape index (κ3) is 2.55. The number of carboxylic acid groups (broad SMARTS) is 1. The molecule has 5 rings (SSSR count). The molecule has 1 aromatic rings. The van der Waals surface area contributed by atoms with Gasteiger partial charge in [-0.15, -0.1) is 0 Å². The van der Waals surface area contributed by atoms with Gasteiger partial charge >= 0.3 is 5.97 Å². The molecule has 4 bridgehead atoms. The largest absolute Gasteiger partial charge is 0.481 e. The molecule has 4 nitrogen and oxygen atoms in total. The van der Waals surface area contributed by atoms with Gasteiger partial charge in [-0.05, 0) is 67.6 Å². The number of carboxylic acids is 1. The van der Waals surface area contributed by atoms with Crippen LogP contribution in [0, 0.1) is 23.6 Å². The van der Waals surface area contributed by atoms with Gasteiger partial charge in [0.05, 0.1) is 6.42 Å². The highest BCUT2D eigenvalue weighted by molar-refractivity contribution is 5.74. The molecule has 0 heterocycles. The van der Waals surface area contributed by atoms with Crippen molar-refractivity contribution in [2.75, 3.05) is 0 Å². The zero-order chi connectivity index (χ0) is 17.8. The summed E-state index contributed by atoms with van der Waals surface area (Å²) >= 11 is 0. The molecule has 2 atom stereocenters. The number of nitrogens with one attached hydrogen (secondary N) is 1. The molecule has 2 unspecified atom stereocenters. The Morgan fingerprint density at radius 3 is 2.28 bits per heavy atom. The quantitative estimate of drug-likeness (QED) is 0.880. The van der Waals surface area contributed by atoms with Crippen LogP contribution in [0.15, 0.2) is 24.3 Å². The van der Waals surface area contributed by atoms with E-state index in [1.54, 1.807) is 19.1 Å². The zero-order valence-corrected chi connectivity index (χ0v) is 14.4. The van der Waals surface area contributed by atoms with Gasteiger partial charge in [-0.3, -0.25) is 9.59 Å². The lowest BCUT2D eigenvalue weighted by atomic mass is 9.41. The van der Waals surface area contributed by atoms with E-state index in [0.717, 1.165) is 37.7 Å². The van der Waals surface area contributed by atoms with Crippen LogP contribution in [0.25, 0.3) is 0 Å². The topological polar surface area (TPSA) is 66.4 Å². The standard InChI is InChI=1S/C20H24FNO3/c1-12(23)22-19-8-13-6-15(9-19)20(11-18(24)25,16(7-13)10-19)14-2-4-17(21)5-3-14/h2-5,13,15-16H,6-11H2,1H3,(H,22,23)(H,24,25). The van der Waals surface area contributed by atoms with Crippen LogP contribution in [0.4, 0.5) is 4.39 Å². The van der Waals surface area contributed by atoms with E-state index in [9.17, 15) is 19.1 Å². The number of amides is 1. The van der Waals surface area contributed by atoms with Crippen molar-refractivity contribution in [1.29, 1.82) is 0 Å². The minimum Gasteiger partial charge on any atom is -0.481 e. The van der Waals surface area contributed by atoms with E-state index >= 15 is 0 Å². The molecular weight excluding hydrogens is 321 g/mol. The molecule has 25 heavy (non-hydrogen) atoms. The van der Waals surface area contributed by atoms with Gasteiger partial charge in [-0.1, -0.05) is 12.1 Å². The first-order valence-electron chi connectivity index (χ1n) is 9.10. The molecule has 0 saturated heterocycles. The highest BCUT2D eigenvalue weighted by Crippen LogP contribution is 2.65. The second kappa shape index (κ2) is 5.55. The predicted octanol–water partition coefficient (Wildman–Crippen LogP) is 3.25. The minimum atomic E-state index is -0.801. The van der Waals surface area contributed by atoms with Gasteiger partial charge in [0.1, 0.15) is 5.82 Å². The Morgan fingerprint density at radius 2 is 1.76 bits per heavy atom. The first-order valence-corrected chi connectivity index (χ1v) is 9.10. The van der Waals surface area contributed by atoms with Crippen LogP contribution in [-0.2, 0) is 15.0 Å². The van der Waals surface area contributed by atoms with Gasteiger partial charge in [0, 0.05) is 17.9 Å². The molecule has 134 valence electrons. The van der Waals surface area contributed by atoms with E-state index < -0.39 is 11.4 Å². The van der Waals surface area contributed by atoms with Crippen LogP contribution < -0.4 is 5.32 Å². The van der Waals surface area contributed by atoms with Crippen molar-refractivity contribution >= 4 is 11.9 Å². The fourth-order valence-electron chi connectivity index (χ4n) is 6.50. The summed E-state index contributed by atoms with van der Waals surface area (Å²) in [7, 11) is 0. The summed E-state index contributed by atoms with van der Waals surface area (Å²) in [5.41, 5.74) is 0.325. The lowest BCUT2D eigenvalue weighted by Gasteiger charge is -2.65. The number of carbonyl (C=O) groups is 2. The molecule has 0 aliphatic heterocycles. The summed E-state index contributed by atoms with van der Waals surface area (Å²) in [6.07, 6.45) is 4.74. The van der Waals surface area contributed by atoms with Crippen LogP contribution in [0.1, 0.15) is 51.0 Å². The Balaban J connectivity index is 1.77. The smallest absolute Gasteiger partial charge is 0.304 e. The van der Waals surface area contributed by atoms with Gasteiger partial charge in [-0.25, -0.2) is 4.39 Å². The Hall–Kier alpha value is -1.91. The normalized spacial score (nSPS) is 38.6. The molecule has 4 aliphatic rings. The fourth-order valence-corrected chi connectivity index (χ4v) is 6.50. The van der Waals surface area contributed by atoms with Crippen LogP contribution >= 0.6 is 0 Å². The van der Waals surface area contributed by atoms with Gasteiger partial charge in [0.25, 0.3) is 0 Å². The van der Waals surface area contributed by atoms with E-state index in [1.807, 2.05) is 0 Å². The summed E-state index contributed by atoms with van der Waals surface area (Å²) < 4.78 is 13.4. The summed E-state index contributed by atoms with van der Waals surface area (Å²) in [5.74, 6) is -0.128. The number of hydrogen-bond donors (Lipinski definition) is 2. The van der Waals surface area contributed by atoms with E-state index in [0.29, 0.717) is 5.92 Å². The second-order valence-electron chi connectivity index (χ2n) is 8.42. The maximum absolute atomic E-state index is 13.4. The van der Waals surface area contributed by atoms with Crippen LogP contribution in [0.3, 0.4) is 0 Å². The van der Waals surface area contributed by atoms with Crippen LogP contribution in [-0.4, -0.2) is 22.5 Å². The van der Waals surface area contributed by atoms with Crippen molar-refractivity contribution < 1.29 is 19.1 Å². The molecular formula is C20H24FNO3. The Kier molecular flexibility index (Phi) is 3.67. The van der Waals surface area contributed by atoms with Crippen molar-refractivity contribution in [2.45, 2.75) is 56.4 Å². The summed E-state index contributed by atoms with van der Waals surface area (Å²) in [4.78, 5) is 23.5. The van der Waals surface area contributed by atoms with Crippen molar-refractivity contribution in [3.8, 4) is 0 Å². The van der Waals surface area contributed by atoms with E-state index in [1.165, 1.54) is 12.1 Å². The van der Waals surface area contributed by atoms with Gasteiger partial charge < -0.3 is 10.4 Å². The van der Waals surface area contributed by atoms with Crippen molar-refractivity contribution in [3.63, 3.8) is 0 Å². The van der Waals surface area contributed by atoms with E-state index in [-0.39, 0.29) is 35.5 Å². The fraction of sp³-hybridized carbons (Fsp3) is 0.600. The van der Waals surface area contributed by atoms with Crippen molar-refractivity contribution in [2.24, 2.45) is 17.8 Å². The molecule has 0 spiro atoms. The predicted molar refractivity (Wildman–Crippen MR) is 90.4 cm³/mol. The van der Waals surface area contributed by atoms with Gasteiger partial charge in [-0.2, -0.15) is 0 Å². The SMILES string of the molecule is CC(=O)NC12CC3CC(C1)C(CC(=O)O)(c1ccc(F)cc1)C(C3)C2. The highest BCUT2D eigenvalue weighted by atomic mass is 19.1. The molecule has 5 heteroatoms. The number of carbonyl (C=O) groups excluding carboxylic acids is 1. The van der Waals surface area contributed by atoms with Gasteiger partial charge in [0.15, 0.2) is 0 Å². The summed E-state index contributed by atoms with van der Waals surface area (Å²) in [6.45, 7) is 1.56. The second-order valence-corrected chi connectivity index (χ2v) is 8.42. The van der Waals surface area contributed by atoms with E-state index in [2.05, 4.69) is 5.32 Å². The first-order chi connectivity index (χ1) is 11.8. The number of aliphatic carboxylic acids is 1. The Bertz CT molecular complexity index is 698. The molecule has 2 N–H and O–H groups in total. The number of hydrogen-bond acceptors (Lipinski definition) is 2. The van der Waals surface area contributed by atoms with Gasteiger partial charge in [0.2, 0.25) is 5.91 Å². The average Bonchev–Trinajstić information content (AvgIpc) is 2.49. The third-order valence-corrected chi connectivity index (χ3v) is 6.91. The number of benzene rings is 1. The Morgan fingerprint density at radius 1 is 1.16 bits per heavy atom. The first kappa shape index (κ1) is 16.6. The minimum absolute atomic E-state index is 0.00688. The third-order valence-electron chi connectivity index (χ3n) is 6.91. The lowest BCUT2D eigenvalue weighted by molar-refractivity contribution is -0.149. The average molecular weight is 345 g/mol. The summed E-state index contributed by atoms with van der Waals surface area (Å²) in [6, 6.07) is 6.42. The van der Waals surface area contributed by atoms with Crippen molar-refractivity contribution in [3.05, 3.63) is 35.6 Å². The maximum Gasteiger partial charge on any atom is 0.304 e. The zero-order valence-electron chi connectivity index (χ0n) is 14.4. The van der Waals surface area contributed by atoms with Crippen LogP contribution in [0.5, 0.6) is 0 Å². The number of rotatable bonds is 4. The molecule has 1 amide bonds. The number of halogens is 1. The highest BCUT2D eigenvalue weighted by Gasteiger charge is 2.63. The van der Waals surface area contributed by atoms with E-state index in [4.69, 9.17) is 0 Å². The molecule has 4 aliphatic carbocycles. The van der Waals surface area contributed by atoms with Crippen molar-refractivity contribution in [1.82, 2.24) is 5.32 Å². The monoisotopic (exact) mass is 345 g/mol. The van der Waals surface area contributed by atoms with Crippen LogP contribution in [0.2, 0.25) is 0 Å². The molecule has 1 aromatic carbocycles. The molecule has 4 fully saturated rings. The lowest BCUT2D eigenvalue weighted by Crippen LogP contribution is -2.67.